The number of rotatable bonds is 3. The first-order chi connectivity index (χ1) is 8.69. The van der Waals surface area contributed by atoms with E-state index in [2.05, 4.69) is 10.6 Å². The van der Waals surface area contributed by atoms with Gasteiger partial charge in [0.15, 0.2) is 0 Å². The SMILES string of the molecule is CC(C)(C)CNC(=O)Nc1ccc(O)cc1C(=O)O. The molecule has 104 valence electrons. The van der Waals surface area contributed by atoms with Crippen molar-refractivity contribution in [3.05, 3.63) is 23.8 Å². The molecule has 0 atom stereocenters. The van der Waals surface area contributed by atoms with Crippen molar-refractivity contribution in [1.82, 2.24) is 5.32 Å². The number of benzene rings is 1. The van der Waals surface area contributed by atoms with Crippen molar-refractivity contribution in [2.24, 2.45) is 5.41 Å². The fourth-order valence-electron chi connectivity index (χ4n) is 1.33. The van der Waals surface area contributed by atoms with Gasteiger partial charge in [0.25, 0.3) is 0 Å². The molecule has 0 fully saturated rings. The van der Waals surface area contributed by atoms with Crippen LogP contribution in [0, 0.1) is 5.41 Å². The third-order valence-corrected chi connectivity index (χ3v) is 2.26. The van der Waals surface area contributed by atoms with Crippen molar-refractivity contribution in [3.63, 3.8) is 0 Å². The van der Waals surface area contributed by atoms with E-state index >= 15 is 0 Å². The molecule has 4 N–H and O–H groups in total. The molecule has 0 unspecified atom stereocenters. The highest BCUT2D eigenvalue weighted by Crippen LogP contribution is 2.21. The van der Waals surface area contributed by atoms with E-state index in [4.69, 9.17) is 5.11 Å². The second-order valence-electron chi connectivity index (χ2n) is 5.40. The summed E-state index contributed by atoms with van der Waals surface area (Å²) < 4.78 is 0. The minimum Gasteiger partial charge on any atom is -0.508 e. The largest absolute Gasteiger partial charge is 0.508 e. The number of hydrogen-bond acceptors (Lipinski definition) is 3. The predicted molar refractivity (Wildman–Crippen MR) is 71.5 cm³/mol. The summed E-state index contributed by atoms with van der Waals surface area (Å²) in [6.45, 7) is 6.36. The van der Waals surface area contributed by atoms with Gasteiger partial charge in [-0.1, -0.05) is 20.8 Å². The van der Waals surface area contributed by atoms with Crippen LogP contribution in [0.5, 0.6) is 5.75 Å². The van der Waals surface area contributed by atoms with Crippen molar-refractivity contribution >= 4 is 17.7 Å². The first-order valence-corrected chi connectivity index (χ1v) is 5.80. The van der Waals surface area contributed by atoms with Crippen LogP contribution >= 0.6 is 0 Å². The molecule has 2 amide bonds. The van der Waals surface area contributed by atoms with Crippen molar-refractivity contribution < 1.29 is 19.8 Å². The van der Waals surface area contributed by atoms with Crippen LogP contribution in [0.15, 0.2) is 18.2 Å². The molecule has 0 heterocycles. The van der Waals surface area contributed by atoms with E-state index < -0.39 is 12.0 Å². The molecule has 0 spiro atoms. The van der Waals surface area contributed by atoms with Crippen molar-refractivity contribution in [2.75, 3.05) is 11.9 Å². The van der Waals surface area contributed by atoms with Crippen LogP contribution in [0.25, 0.3) is 0 Å². The molecule has 0 aliphatic heterocycles. The number of carbonyl (C=O) groups is 2. The van der Waals surface area contributed by atoms with Crippen molar-refractivity contribution in [2.45, 2.75) is 20.8 Å². The highest BCUT2D eigenvalue weighted by molar-refractivity contribution is 6.00. The highest BCUT2D eigenvalue weighted by Gasteiger charge is 2.15. The molecule has 1 aromatic rings. The molecular formula is C13H18N2O4. The van der Waals surface area contributed by atoms with Crippen LogP contribution in [0.1, 0.15) is 31.1 Å². The summed E-state index contributed by atoms with van der Waals surface area (Å²) in [5.41, 5.74) is -0.0929. The predicted octanol–water partition coefficient (Wildman–Crippen LogP) is 2.26. The molecular weight excluding hydrogens is 248 g/mol. The molecule has 6 nitrogen and oxygen atoms in total. The molecule has 0 bridgehead atoms. The Bertz CT molecular complexity index is 492. The van der Waals surface area contributed by atoms with Gasteiger partial charge in [-0.3, -0.25) is 0 Å². The lowest BCUT2D eigenvalue weighted by Gasteiger charge is -2.19. The Kier molecular flexibility index (Phi) is 4.37. The van der Waals surface area contributed by atoms with Crippen LogP contribution < -0.4 is 10.6 Å². The molecule has 0 aromatic heterocycles. The van der Waals surface area contributed by atoms with Gasteiger partial charge < -0.3 is 20.8 Å². The van der Waals surface area contributed by atoms with Gasteiger partial charge in [0, 0.05) is 6.54 Å². The van der Waals surface area contributed by atoms with Crippen LogP contribution in [0.2, 0.25) is 0 Å². The Labute approximate surface area is 111 Å². The summed E-state index contributed by atoms with van der Waals surface area (Å²) in [5, 5.41) is 23.3. The number of urea groups is 1. The maximum Gasteiger partial charge on any atom is 0.337 e. The average molecular weight is 266 g/mol. The topological polar surface area (TPSA) is 98.7 Å². The number of phenolic OH excluding ortho intramolecular Hbond substituents is 1. The number of aromatic carboxylic acids is 1. The maximum absolute atomic E-state index is 11.6. The van der Waals surface area contributed by atoms with Crippen LogP contribution in [-0.2, 0) is 0 Å². The Morgan fingerprint density at radius 2 is 1.89 bits per heavy atom. The van der Waals surface area contributed by atoms with Gasteiger partial charge in [0.05, 0.1) is 11.3 Å². The van der Waals surface area contributed by atoms with Crippen molar-refractivity contribution in [1.29, 1.82) is 0 Å². The van der Waals surface area contributed by atoms with Gasteiger partial charge in [-0.25, -0.2) is 9.59 Å². The molecule has 1 rings (SSSR count). The smallest absolute Gasteiger partial charge is 0.337 e. The summed E-state index contributed by atoms with van der Waals surface area (Å²) in [4.78, 5) is 22.6. The minimum atomic E-state index is -1.22. The van der Waals surface area contributed by atoms with Gasteiger partial charge in [-0.05, 0) is 23.6 Å². The van der Waals surface area contributed by atoms with Gasteiger partial charge in [0.1, 0.15) is 5.75 Å². The Morgan fingerprint density at radius 3 is 2.42 bits per heavy atom. The number of anilines is 1. The summed E-state index contributed by atoms with van der Waals surface area (Å²) in [6.07, 6.45) is 0. The number of amides is 2. The number of phenols is 1. The number of carboxylic acids is 1. The number of carbonyl (C=O) groups excluding carboxylic acids is 1. The van der Waals surface area contributed by atoms with E-state index in [0.717, 1.165) is 6.07 Å². The second kappa shape index (κ2) is 5.60. The van der Waals surface area contributed by atoms with E-state index in [1.165, 1.54) is 12.1 Å². The van der Waals surface area contributed by atoms with E-state index in [-0.39, 0.29) is 22.4 Å². The number of nitrogens with one attached hydrogen (secondary N) is 2. The lowest BCUT2D eigenvalue weighted by molar-refractivity contribution is 0.0697. The van der Waals surface area contributed by atoms with Crippen LogP contribution in [-0.4, -0.2) is 28.8 Å². The van der Waals surface area contributed by atoms with E-state index in [1.807, 2.05) is 20.8 Å². The zero-order valence-corrected chi connectivity index (χ0v) is 11.2. The third-order valence-electron chi connectivity index (χ3n) is 2.26. The zero-order valence-electron chi connectivity index (χ0n) is 11.2. The normalized spacial score (nSPS) is 10.9. The number of aromatic hydroxyl groups is 1. The molecule has 0 aliphatic rings. The molecule has 0 saturated heterocycles. The Hall–Kier alpha value is -2.24. The third kappa shape index (κ3) is 4.87. The first kappa shape index (κ1) is 14.8. The fraction of sp³-hybridized carbons (Fsp3) is 0.385. The van der Waals surface area contributed by atoms with Gasteiger partial charge in [-0.2, -0.15) is 0 Å². The van der Waals surface area contributed by atoms with Gasteiger partial charge in [-0.15, -0.1) is 0 Å². The van der Waals surface area contributed by atoms with Gasteiger partial charge in [0.2, 0.25) is 0 Å². The second-order valence-corrected chi connectivity index (χ2v) is 5.40. The quantitative estimate of drug-likeness (QED) is 0.630. The lowest BCUT2D eigenvalue weighted by Crippen LogP contribution is -2.35. The minimum absolute atomic E-state index is 0.0675. The fourth-order valence-corrected chi connectivity index (χ4v) is 1.33. The van der Waals surface area contributed by atoms with E-state index in [1.54, 1.807) is 0 Å². The van der Waals surface area contributed by atoms with E-state index in [9.17, 15) is 14.7 Å². The van der Waals surface area contributed by atoms with Gasteiger partial charge >= 0.3 is 12.0 Å². The summed E-state index contributed by atoms with van der Waals surface area (Å²) in [7, 11) is 0. The van der Waals surface area contributed by atoms with Crippen LogP contribution in [0.3, 0.4) is 0 Å². The average Bonchev–Trinajstić information content (AvgIpc) is 2.28. The molecule has 0 aliphatic carbocycles. The Balaban J connectivity index is 2.77. The lowest BCUT2D eigenvalue weighted by atomic mass is 9.97. The molecule has 6 heteroatoms. The molecule has 19 heavy (non-hydrogen) atoms. The Morgan fingerprint density at radius 1 is 1.26 bits per heavy atom. The summed E-state index contributed by atoms with van der Waals surface area (Å²) in [5.74, 6) is -1.39. The van der Waals surface area contributed by atoms with Crippen LogP contribution in [0.4, 0.5) is 10.5 Å². The number of carboxylic acid groups (broad SMARTS) is 1. The highest BCUT2D eigenvalue weighted by atomic mass is 16.4. The molecule has 1 aromatic carbocycles. The zero-order chi connectivity index (χ0) is 14.6. The standard InChI is InChI=1S/C13H18N2O4/c1-13(2,3)7-14-12(19)15-10-5-4-8(16)6-9(10)11(17)18/h4-6,16H,7H2,1-3H3,(H,17,18)(H2,14,15,19). The monoisotopic (exact) mass is 266 g/mol. The first-order valence-electron chi connectivity index (χ1n) is 5.80. The van der Waals surface area contributed by atoms with Crippen molar-refractivity contribution in [3.8, 4) is 5.75 Å². The molecule has 0 radical (unpaired) electrons. The summed E-state index contributed by atoms with van der Waals surface area (Å²) in [6, 6.07) is 3.26. The van der Waals surface area contributed by atoms with E-state index in [0.29, 0.717) is 6.54 Å². The molecule has 0 saturated carbocycles. The maximum atomic E-state index is 11.6. The number of hydrogen-bond donors (Lipinski definition) is 4. The summed E-state index contributed by atoms with van der Waals surface area (Å²) >= 11 is 0.